The van der Waals surface area contributed by atoms with E-state index in [2.05, 4.69) is 15.5 Å². The van der Waals surface area contributed by atoms with E-state index in [1.54, 1.807) is 48.0 Å². The molecule has 4 rings (SSSR count). The number of aromatic nitrogens is 3. The Morgan fingerprint density at radius 2 is 1.97 bits per heavy atom. The van der Waals surface area contributed by atoms with E-state index < -0.39 is 10.8 Å². The molecular weight excluding hydrogens is 461 g/mol. The lowest BCUT2D eigenvalue weighted by Gasteiger charge is -2.10. The Bertz CT molecular complexity index is 1340. The number of ether oxygens (including phenoxy) is 1. The number of aryl methyl sites for hydroxylation is 1. The largest absolute Gasteiger partial charge is 0.489 e. The van der Waals surface area contributed by atoms with Gasteiger partial charge in [0, 0.05) is 30.4 Å². The molecule has 0 radical (unpaired) electrons. The van der Waals surface area contributed by atoms with Crippen molar-refractivity contribution in [1.29, 1.82) is 0 Å². The summed E-state index contributed by atoms with van der Waals surface area (Å²) < 4.78 is 20.4. The van der Waals surface area contributed by atoms with Gasteiger partial charge < -0.3 is 14.6 Å². The van der Waals surface area contributed by atoms with Crippen molar-refractivity contribution in [3.05, 3.63) is 100 Å². The smallest absolute Gasteiger partial charge is 0.284 e. The summed E-state index contributed by atoms with van der Waals surface area (Å²) in [6, 6.07) is 16.9. The summed E-state index contributed by atoms with van der Waals surface area (Å²) in [5, 5.41) is 22.5. The number of anilines is 1. The maximum Gasteiger partial charge on any atom is 0.284 e. The van der Waals surface area contributed by atoms with Crippen LogP contribution in [0.25, 0.3) is 0 Å². The minimum atomic E-state index is -0.542. The summed E-state index contributed by atoms with van der Waals surface area (Å²) in [5.41, 5.74) is 1.17. The number of nitro benzene ring substituents is 1. The Labute approximate surface area is 197 Å². The quantitative estimate of drug-likeness (QED) is 0.284. The molecule has 0 aliphatic rings. The van der Waals surface area contributed by atoms with Crippen LogP contribution in [0.5, 0.6) is 5.75 Å². The van der Waals surface area contributed by atoms with Gasteiger partial charge in [0.25, 0.3) is 11.6 Å². The van der Waals surface area contributed by atoms with E-state index in [4.69, 9.17) is 4.74 Å². The van der Waals surface area contributed by atoms with Crippen molar-refractivity contribution in [1.82, 2.24) is 14.8 Å². The monoisotopic (exact) mass is 479 g/mol. The third-order valence-electron chi connectivity index (χ3n) is 4.70. The van der Waals surface area contributed by atoms with Crippen molar-refractivity contribution in [3.63, 3.8) is 0 Å². The molecular formula is C23H18FN5O4S. The van der Waals surface area contributed by atoms with Crippen LogP contribution >= 0.6 is 11.8 Å². The fourth-order valence-electron chi connectivity index (χ4n) is 2.97. The first-order valence-corrected chi connectivity index (χ1v) is 10.8. The molecule has 172 valence electrons. The molecule has 0 saturated carbocycles. The molecule has 4 aromatic rings. The number of hydrogen-bond donors (Lipinski definition) is 1. The molecule has 11 heteroatoms. The van der Waals surface area contributed by atoms with Gasteiger partial charge in [-0.15, -0.1) is 10.2 Å². The highest BCUT2D eigenvalue weighted by Crippen LogP contribution is 2.34. The Hall–Kier alpha value is -4.25. The molecule has 0 atom stereocenters. The van der Waals surface area contributed by atoms with Crippen LogP contribution in [0.2, 0.25) is 0 Å². The van der Waals surface area contributed by atoms with Gasteiger partial charge in [0.05, 0.1) is 9.82 Å². The van der Waals surface area contributed by atoms with Crippen LogP contribution in [0.1, 0.15) is 15.9 Å². The molecule has 0 aliphatic carbocycles. The number of carbonyl (C=O) groups is 1. The maximum absolute atomic E-state index is 13.0. The first kappa shape index (κ1) is 22.9. The van der Waals surface area contributed by atoms with E-state index in [9.17, 15) is 19.3 Å². The molecule has 0 saturated heterocycles. The van der Waals surface area contributed by atoms with Crippen LogP contribution in [0, 0.1) is 15.9 Å². The number of carbonyl (C=O) groups excluding carboxylic acids is 1. The number of rotatable bonds is 8. The van der Waals surface area contributed by atoms with Crippen molar-refractivity contribution in [2.45, 2.75) is 16.7 Å². The van der Waals surface area contributed by atoms with E-state index >= 15 is 0 Å². The molecule has 1 heterocycles. The fourth-order valence-corrected chi connectivity index (χ4v) is 3.82. The molecule has 3 aromatic carbocycles. The Morgan fingerprint density at radius 3 is 2.68 bits per heavy atom. The third kappa shape index (κ3) is 5.56. The molecule has 0 bridgehead atoms. The lowest BCUT2D eigenvalue weighted by Crippen LogP contribution is -2.12. The highest BCUT2D eigenvalue weighted by molar-refractivity contribution is 7.99. The molecule has 0 fully saturated rings. The van der Waals surface area contributed by atoms with Gasteiger partial charge in [0.15, 0.2) is 5.16 Å². The number of nitrogens with one attached hydrogen (secondary N) is 1. The molecule has 0 unspecified atom stereocenters. The minimum Gasteiger partial charge on any atom is -0.489 e. The van der Waals surface area contributed by atoms with Crippen molar-refractivity contribution in [2.75, 3.05) is 5.32 Å². The first-order valence-electron chi connectivity index (χ1n) is 9.98. The molecule has 0 spiro atoms. The lowest BCUT2D eigenvalue weighted by molar-refractivity contribution is -0.387. The number of hydrogen-bond acceptors (Lipinski definition) is 7. The highest BCUT2D eigenvalue weighted by Gasteiger charge is 2.20. The van der Waals surface area contributed by atoms with Crippen molar-refractivity contribution >= 4 is 29.0 Å². The fraction of sp³-hybridized carbons (Fsp3) is 0.0870. The van der Waals surface area contributed by atoms with Crippen LogP contribution in [0.4, 0.5) is 15.8 Å². The summed E-state index contributed by atoms with van der Waals surface area (Å²) in [6.07, 6.45) is 1.49. The van der Waals surface area contributed by atoms with Crippen molar-refractivity contribution in [3.8, 4) is 5.75 Å². The third-order valence-corrected chi connectivity index (χ3v) is 5.82. The van der Waals surface area contributed by atoms with Crippen molar-refractivity contribution in [2.24, 2.45) is 7.05 Å². The second-order valence-corrected chi connectivity index (χ2v) is 8.17. The molecule has 1 N–H and O–H groups in total. The van der Waals surface area contributed by atoms with Gasteiger partial charge in [-0.05, 0) is 53.7 Å². The first-order chi connectivity index (χ1) is 16.4. The van der Waals surface area contributed by atoms with Gasteiger partial charge in [0.1, 0.15) is 24.5 Å². The summed E-state index contributed by atoms with van der Waals surface area (Å²) in [7, 11) is 1.73. The number of nitrogens with zero attached hydrogens (tertiary/aromatic N) is 4. The summed E-state index contributed by atoms with van der Waals surface area (Å²) in [6.45, 7) is 0.231. The maximum atomic E-state index is 13.0. The average molecular weight is 479 g/mol. The van der Waals surface area contributed by atoms with Gasteiger partial charge in [-0.25, -0.2) is 4.39 Å². The van der Waals surface area contributed by atoms with Gasteiger partial charge in [-0.3, -0.25) is 14.9 Å². The second kappa shape index (κ2) is 10.1. The summed E-state index contributed by atoms with van der Waals surface area (Å²) in [4.78, 5) is 24.2. The zero-order valence-electron chi connectivity index (χ0n) is 17.8. The SMILES string of the molecule is Cn1cnnc1Sc1ccc(C(=O)Nc2cccc(OCc3ccc(F)cc3)c2)cc1[N+](=O)[O-]. The van der Waals surface area contributed by atoms with Crippen LogP contribution in [-0.2, 0) is 13.7 Å². The Kier molecular flexibility index (Phi) is 6.83. The summed E-state index contributed by atoms with van der Waals surface area (Å²) in [5.74, 6) is -0.327. The average Bonchev–Trinajstić information content (AvgIpc) is 3.23. The predicted molar refractivity (Wildman–Crippen MR) is 123 cm³/mol. The van der Waals surface area contributed by atoms with Gasteiger partial charge in [-0.1, -0.05) is 18.2 Å². The highest BCUT2D eigenvalue weighted by atomic mass is 32.2. The van der Waals surface area contributed by atoms with E-state index in [1.807, 2.05) is 0 Å². The zero-order chi connectivity index (χ0) is 24.1. The number of benzene rings is 3. The minimum absolute atomic E-state index is 0.131. The standard InChI is InChI=1S/C23H18FN5O4S/c1-28-14-25-27-23(28)34-21-10-7-16(11-20(21)29(31)32)22(30)26-18-3-2-4-19(12-18)33-13-15-5-8-17(24)9-6-15/h2-12,14H,13H2,1H3,(H,26,30). The van der Waals surface area contributed by atoms with E-state index in [0.29, 0.717) is 21.5 Å². The zero-order valence-corrected chi connectivity index (χ0v) is 18.7. The van der Waals surface area contributed by atoms with Crippen LogP contribution in [0.3, 0.4) is 0 Å². The van der Waals surface area contributed by atoms with Crippen LogP contribution in [-0.4, -0.2) is 25.6 Å². The molecule has 1 aromatic heterocycles. The summed E-state index contributed by atoms with van der Waals surface area (Å²) >= 11 is 1.09. The van der Waals surface area contributed by atoms with Gasteiger partial charge in [-0.2, -0.15) is 0 Å². The number of halogens is 1. The van der Waals surface area contributed by atoms with E-state index in [1.165, 1.54) is 36.7 Å². The molecule has 9 nitrogen and oxygen atoms in total. The molecule has 0 aliphatic heterocycles. The molecule has 34 heavy (non-hydrogen) atoms. The molecule has 1 amide bonds. The van der Waals surface area contributed by atoms with Crippen molar-refractivity contribution < 1.29 is 18.8 Å². The Morgan fingerprint density at radius 1 is 1.18 bits per heavy atom. The Balaban J connectivity index is 1.46. The number of nitro groups is 1. The van der Waals surface area contributed by atoms with Crippen LogP contribution < -0.4 is 10.1 Å². The van der Waals surface area contributed by atoms with E-state index in [0.717, 1.165) is 17.3 Å². The normalized spacial score (nSPS) is 10.6. The van der Waals surface area contributed by atoms with E-state index in [-0.39, 0.29) is 23.7 Å². The lowest BCUT2D eigenvalue weighted by atomic mass is 10.2. The van der Waals surface area contributed by atoms with Gasteiger partial charge in [0.2, 0.25) is 0 Å². The topological polar surface area (TPSA) is 112 Å². The second-order valence-electron chi connectivity index (χ2n) is 7.16. The predicted octanol–water partition coefficient (Wildman–Crippen LogP) is 4.84. The number of amides is 1. The van der Waals surface area contributed by atoms with Gasteiger partial charge >= 0.3 is 0 Å². The van der Waals surface area contributed by atoms with Crippen LogP contribution in [0.15, 0.2) is 83.1 Å².